The van der Waals surface area contributed by atoms with Crippen molar-refractivity contribution in [1.82, 2.24) is 4.31 Å². The fourth-order valence-electron chi connectivity index (χ4n) is 2.14. The van der Waals surface area contributed by atoms with Crippen LogP contribution in [0.4, 0.5) is 0 Å². The zero-order valence-corrected chi connectivity index (χ0v) is 14.2. The van der Waals surface area contributed by atoms with E-state index in [9.17, 15) is 13.2 Å². The average molecular weight is 345 g/mol. The molecule has 1 aromatic rings. The number of benzene rings is 1. The van der Waals surface area contributed by atoms with Gasteiger partial charge in [-0.3, -0.25) is 4.79 Å². The molecule has 6 nitrogen and oxygen atoms in total. The Morgan fingerprint density at radius 1 is 1.36 bits per heavy atom. The third-order valence-corrected chi connectivity index (χ3v) is 6.31. The van der Waals surface area contributed by atoms with E-state index in [4.69, 9.17) is 9.47 Å². The standard InChI is InChI=1S/C14H19NO5S2/c1-3-20-11-4-6-12(7-5-11)22(17,18)15-8-9-21-13(10-15)14(16)19-2/h4-7,13H,3,8-10H2,1-2H3/t13-/m0/s1. The number of rotatable bonds is 5. The molecule has 122 valence electrons. The van der Waals surface area contributed by atoms with E-state index < -0.39 is 21.2 Å². The van der Waals surface area contributed by atoms with Crippen molar-refractivity contribution in [1.29, 1.82) is 0 Å². The molecule has 0 aromatic heterocycles. The normalized spacial score (nSPS) is 19.6. The first kappa shape index (κ1) is 17.1. The molecule has 1 heterocycles. The molecule has 0 saturated carbocycles. The smallest absolute Gasteiger partial charge is 0.320 e. The number of hydrogen-bond donors (Lipinski definition) is 0. The minimum absolute atomic E-state index is 0.132. The Bertz CT molecular complexity index is 615. The van der Waals surface area contributed by atoms with Crippen LogP contribution in [0.25, 0.3) is 0 Å². The molecule has 1 atom stereocenters. The first-order valence-corrected chi connectivity index (χ1v) is 9.40. The number of ether oxygens (including phenoxy) is 2. The van der Waals surface area contributed by atoms with Crippen molar-refractivity contribution in [3.05, 3.63) is 24.3 Å². The van der Waals surface area contributed by atoms with E-state index in [1.807, 2.05) is 6.92 Å². The lowest BCUT2D eigenvalue weighted by Gasteiger charge is -2.30. The van der Waals surface area contributed by atoms with Gasteiger partial charge in [0.15, 0.2) is 0 Å². The molecule has 1 aromatic carbocycles. The number of hydrogen-bond acceptors (Lipinski definition) is 6. The summed E-state index contributed by atoms with van der Waals surface area (Å²) in [7, 11) is -2.30. The van der Waals surface area contributed by atoms with E-state index in [-0.39, 0.29) is 11.4 Å². The molecule has 0 spiro atoms. The monoisotopic (exact) mass is 345 g/mol. The number of nitrogens with zero attached hydrogens (tertiary/aromatic N) is 1. The van der Waals surface area contributed by atoms with Crippen molar-refractivity contribution in [3.63, 3.8) is 0 Å². The Kier molecular flexibility index (Phi) is 5.71. The number of carbonyl (C=O) groups excluding carboxylic acids is 1. The Balaban J connectivity index is 2.16. The summed E-state index contributed by atoms with van der Waals surface area (Å²) in [5, 5.41) is -0.476. The molecule has 1 fully saturated rings. The molecule has 2 rings (SSSR count). The third-order valence-electron chi connectivity index (χ3n) is 3.27. The lowest BCUT2D eigenvalue weighted by Crippen LogP contribution is -2.44. The van der Waals surface area contributed by atoms with Gasteiger partial charge in [-0.1, -0.05) is 0 Å². The summed E-state index contributed by atoms with van der Waals surface area (Å²) in [5.41, 5.74) is 0. The zero-order valence-electron chi connectivity index (χ0n) is 12.5. The van der Waals surface area contributed by atoms with E-state index in [2.05, 4.69) is 0 Å². The van der Waals surface area contributed by atoms with Gasteiger partial charge in [0.25, 0.3) is 0 Å². The van der Waals surface area contributed by atoms with Gasteiger partial charge in [0.2, 0.25) is 10.0 Å². The van der Waals surface area contributed by atoms with Crippen LogP contribution in [0.1, 0.15) is 6.92 Å². The molecule has 22 heavy (non-hydrogen) atoms. The maximum Gasteiger partial charge on any atom is 0.320 e. The first-order chi connectivity index (χ1) is 10.5. The fourth-order valence-corrected chi connectivity index (χ4v) is 4.93. The summed E-state index contributed by atoms with van der Waals surface area (Å²) in [6.45, 7) is 2.90. The highest BCUT2D eigenvalue weighted by molar-refractivity contribution is 8.00. The van der Waals surface area contributed by atoms with E-state index >= 15 is 0 Å². The van der Waals surface area contributed by atoms with Crippen LogP contribution < -0.4 is 4.74 Å². The van der Waals surface area contributed by atoms with Crippen molar-refractivity contribution in [2.45, 2.75) is 17.1 Å². The predicted octanol–water partition coefficient (Wildman–Crippen LogP) is 1.36. The van der Waals surface area contributed by atoms with Crippen molar-refractivity contribution >= 4 is 27.8 Å². The van der Waals surface area contributed by atoms with Crippen molar-refractivity contribution in [2.24, 2.45) is 0 Å². The molecule has 0 bridgehead atoms. The van der Waals surface area contributed by atoms with Gasteiger partial charge in [-0.2, -0.15) is 4.31 Å². The first-order valence-electron chi connectivity index (χ1n) is 6.91. The summed E-state index contributed by atoms with van der Waals surface area (Å²) in [6, 6.07) is 6.31. The van der Waals surface area contributed by atoms with Crippen LogP contribution >= 0.6 is 11.8 Å². The van der Waals surface area contributed by atoms with Crippen LogP contribution in [0.2, 0.25) is 0 Å². The van der Waals surface area contributed by atoms with E-state index in [1.54, 1.807) is 12.1 Å². The minimum Gasteiger partial charge on any atom is -0.494 e. The quantitative estimate of drug-likeness (QED) is 0.751. The van der Waals surface area contributed by atoms with Crippen molar-refractivity contribution in [2.75, 3.05) is 32.6 Å². The number of carbonyl (C=O) groups is 1. The maximum absolute atomic E-state index is 12.6. The Hall–Kier alpha value is -1.25. The second-order valence-corrected chi connectivity index (χ2v) is 7.90. The van der Waals surface area contributed by atoms with Gasteiger partial charge in [-0.05, 0) is 31.2 Å². The van der Waals surface area contributed by atoms with E-state index in [0.717, 1.165) is 0 Å². The largest absolute Gasteiger partial charge is 0.494 e. The fraction of sp³-hybridized carbons (Fsp3) is 0.500. The maximum atomic E-state index is 12.6. The summed E-state index contributed by atoms with van der Waals surface area (Å²) in [6.07, 6.45) is 0. The number of methoxy groups -OCH3 is 1. The van der Waals surface area contributed by atoms with Crippen LogP contribution in [0.15, 0.2) is 29.2 Å². The van der Waals surface area contributed by atoms with Crippen LogP contribution in [-0.4, -0.2) is 56.5 Å². The van der Waals surface area contributed by atoms with E-state index in [1.165, 1.54) is 35.3 Å². The molecule has 0 N–H and O–H groups in total. The Morgan fingerprint density at radius 2 is 2.05 bits per heavy atom. The molecule has 8 heteroatoms. The topological polar surface area (TPSA) is 72.9 Å². The third kappa shape index (κ3) is 3.74. The second kappa shape index (κ2) is 7.34. The Labute approximate surface area is 134 Å². The van der Waals surface area contributed by atoms with Gasteiger partial charge in [0.05, 0.1) is 18.6 Å². The van der Waals surface area contributed by atoms with Gasteiger partial charge >= 0.3 is 5.97 Å². The summed E-state index contributed by atoms with van der Waals surface area (Å²) >= 11 is 1.42. The molecular formula is C14H19NO5S2. The van der Waals surface area contributed by atoms with Gasteiger partial charge in [0.1, 0.15) is 11.0 Å². The lowest BCUT2D eigenvalue weighted by molar-refractivity contribution is -0.140. The molecule has 1 aliphatic heterocycles. The summed E-state index contributed by atoms with van der Waals surface area (Å²) in [4.78, 5) is 11.8. The SMILES string of the molecule is CCOc1ccc(S(=O)(=O)N2CCS[C@H](C(=O)OC)C2)cc1. The van der Waals surface area contributed by atoms with Crippen LogP contribution in [0.3, 0.4) is 0 Å². The molecule has 1 saturated heterocycles. The van der Waals surface area contributed by atoms with Crippen LogP contribution in [0, 0.1) is 0 Å². The van der Waals surface area contributed by atoms with Crippen molar-refractivity contribution in [3.8, 4) is 5.75 Å². The summed E-state index contributed by atoms with van der Waals surface area (Å²) in [5.74, 6) is 0.801. The molecule has 1 aliphatic rings. The van der Waals surface area contributed by atoms with Gasteiger partial charge < -0.3 is 9.47 Å². The number of thioether (sulfide) groups is 1. The minimum atomic E-state index is -3.61. The van der Waals surface area contributed by atoms with E-state index in [0.29, 0.717) is 24.7 Å². The zero-order chi connectivity index (χ0) is 16.2. The Morgan fingerprint density at radius 3 is 2.64 bits per heavy atom. The highest BCUT2D eigenvalue weighted by Gasteiger charge is 2.34. The second-order valence-electron chi connectivity index (χ2n) is 4.65. The molecule has 0 unspecified atom stereocenters. The lowest BCUT2D eigenvalue weighted by atomic mass is 10.3. The van der Waals surface area contributed by atoms with Crippen LogP contribution in [-0.2, 0) is 19.6 Å². The molecule has 0 amide bonds. The van der Waals surface area contributed by atoms with Crippen molar-refractivity contribution < 1.29 is 22.7 Å². The van der Waals surface area contributed by atoms with Crippen LogP contribution in [0.5, 0.6) is 5.75 Å². The molecule has 0 aliphatic carbocycles. The highest BCUT2D eigenvalue weighted by atomic mass is 32.2. The number of esters is 1. The summed E-state index contributed by atoms with van der Waals surface area (Å²) < 4.78 is 36.6. The van der Waals surface area contributed by atoms with Gasteiger partial charge in [-0.15, -0.1) is 11.8 Å². The predicted molar refractivity (Wildman–Crippen MR) is 84.6 cm³/mol. The molecular weight excluding hydrogens is 326 g/mol. The number of sulfonamides is 1. The van der Waals surface area contributed by atoms with Gasteiger partial charge in [-0.25, -0.2) is 8.42 Å². The van der Waals surface area contributed by atoms with Gasteiger partial charge in [0, 0.05) is 18.8 Å². The molecule has 0 radical (unpaired) electrons. The highest BCUT2D eigenvalue weighted by Crippen LogP contribution is 2.26. The average Bonchev–Trinajstić information content (AvgIpc) is 2.55.